The van der Waals surface area contributed by atoms with Gasteiger partial charge in [-0.1, -0.05) is 45.0 Å². The van der Waals surface area contributed by atoms with Gasteiger partial charge in [0.2, 0.25) is 0 Å². The molecule has 0 bridgehead atoms. The summed E-state index contributed by atoms with van der Waals surface area (Å²) in [6.45, 7) is 8.64. The molecule has 0 aliphatic rings. The van der Waals surface area contributed by atoms with Crippen LogP contribution in [0.25, 0.3) is 0 Å². The Hall–Kier alpha value is -2.36. The van der Waals surface area contributed by atoms with Crippen LogP contribution in [0.1, 0.15) is 59.7 Å². The van der Waals surface area contributed by atoms with E-state index in [-0.39, 0.29) is 17.1 Å². The van der Waals surface area contributed by atoms with Crippen molar-refractivity contribution in [3.05, 3.63) is 58.9 Å². The molecular weight excluding hydrogens is 300 g/mol. The zero-order chi connectivity index (χ0) is 17.9. The maximum Gasteiger partial charge on any atom is 0.267 e. The molecular formula is C20H26N2O2. The van der Waals surface area contributed by atoms with E-state index in [4.69, 9.17) is 0 Å². The Morgan fingerprint density at radius 2 is 1.75 bits per heavy atom. The summed E-state index contributed by atoms with van der Waals surface area (Å²) in [5.74, 6) is -0.195. The van der Waals surface area contributed by atoms with Crippen molar-refractivity contribution in [2.45, 2.75) is 39.5 Å². The minimum Gasteiger partial charge on any atom is -0.350 e. The van der Waals surface area contributed by atoms with E-state index >= 15 is 0 Å². The summed E-state index contributed by atoms with van der Waals surface area (Å²) in [5, 5.41) is 2.91. The minimum atomic E-state index is -0.156. The molecule has 1 amide bonds. The average Bonchev–Trinajstić information content (AvgIpc) is 2.89. The number of nitrogens with one attached hydrogen (secondary N) is 1. The Morgan fingerprint density at radius 1 is 1.12 bits per heavy atom. The fourth-order valence-electron chi connectivity index (χ4n) is 2.57. The summed E-state index contributed by atoms with van der Waals surface area (Å²) < 4.78 is 1.68. The van der Waals surface area contributed by atoms with E-state index in [0.29, 0.717) is 17.8 Å². The molecule has 128 valence electrons. The summed E-state index contributed by atoms with van der Waals surface area (Å²) in [6, 6.07) is 10.2. The first-order valence-corrected chi connectivity index (χ1v) is 8.23. The third-order valence-electron chi connectivity index (χ3n) is 4.16. The fourth-order valence-corrected chi connectivity index (χ4v) is 2.57. The van der Waals surface area contributed by atoms with E-state index in [2.05, 4.69) is 50.4 Å². The van der Waals surface area contributed by atoms with Crippen LogP contribution < -0.4 is 5.32 Å². The summed E-state index contributed by atoms with van der Waals surface area (Å²) in [4.78, 5) is 23.6. The van der Waals surface area contributed by atoms with E-state index < -0.39 is 0 Å². The Morgan fingerprint density at radius 3 is 2.25 bits per heavy atom. The van der Waals surface area contributed by atoms with Crippen molar-refractivity contribution < 1.29 is 9.59 Å². The van der Waals surface area contributed by atoms with Gasteiger partial charge in [0.25, 0.3) is 5.91 Å². The van der Waals surface area contributed by atoms with Gasteiger partial charge in [-0.25, -0.2) is 0 Å². The van der Waals surface area contributed by atoms with Crippen LogP contribution in [0.5, 0.6) is 0 Å². The van der Waals surface area contributed by atoms with Crippen molar-refractivity contribution in [2.24, 2.45) is 7.05 Å². The van der Waals surface area contributed by atoms with E-state index in [0.717, 1.165) is 6.42 Å². The highest BCUT2D eigenvalue weighted by Crippen LogP contribution is 2.22. The number of carbonyl (C=O) groups is 2. The van der Waals surface area contributed by atoms with Gasteiger partial charge in [-0.05, 0) is 36.0 Å². The molecule has 0 aliphatic carbocycles. The molecule has 1 aromatic carbocycles. The van der Waals surface area contributed by atoms with Crippen LogP contribution in [0.2, 0.25) is 0 Å². The van der Waals surface area contributed by atoms with Crippen molar-refractivity contribution in [1.29, 1.82) is 0 Å². The molecule has 24 heavy (non-hydrogen) atoms. The second-order valence-electron chi connectivity index (χ2n) is 7.23. The first-order chi connectivity index (χ1) is 11.2. The van der Waals surface area contributed by atoms with Gasteiger partial charge < -0.3 is 9.88 Å². The third-order valence-corrected chi connectivity index (χ3v) is 4.16. The molecule has 0 spiro atoms. The number of rotatable bonds is 5. The van der Waals surface area contributed by atoms with E-state index in [9.17, 15) is 9.59 Å². The molecule has 0 saturated carbocycles. The molecule has 1 aromatic heterocycles. The van der Waals surface area contributed by atoms with Gasteiger partial charge in [-0.3, -0.25) is 9.59 Å². The van der Waals surface area contributed by atoms with Gasteiger partial charge in [0.1, 0.15) is 5.69 Å². The van der Waals surface area contributed by atoms with Crippen molar-refractivity contribution in [3.63, 3.8) is 0 Å². The van der Waals surface area contributed by atoms with Gasteiger partial charge in [-0.2, -0.15) is 0 Å². The number of amides is 1. The van der Waals surface area contributed by atoms with Crippen LogP contribution in [0.3, 0.4) is 0 Å². The fraction of sp³-hybridized carbons (Fsp3) is 0.400. The number of aryl methyl sites for hydroxylation is 1. The van der Waals surface area contributed by atoms with Crippen LogP contribution >= 0.6 is 0 Å². The number of aromatic nitrogens is 1. The Labute approximate surface area is 143 Å². The highest BCUT2D eigenvalue weighted by atomic mass is 16.2. The molecule has 4 heteroatoms. The molecule has 2 aromatic rings. The molecule has 0 fully saturated rings. The predicted molar refractivity (Wildman–Crippen MR) is 96.6 cm³/mol. The van der Waals surface area contributed by atoms with Crippen molar-refractivity contribution >= 4 is 11.7 Å². The summed E-state index contributed by atoms with van der Waals surface area (Å²) in [7, 11) is 1.77. The van der Waals surface area contributed by atoms with E-state index in [1.165, 1.54) is 18.1 Å². The van der Waals surface area contributed by atoms with Crippen LogP contribution in [0.15, 0.2) is 36.5 Å². The summed E-state index contributed by atoms with van der Waals surface area (Å²) in [5.41, 5.74) is 3.70. The van der Waals surface area contributed by atoms with Crippen molar-refractivity contribution in [3.8, 4) is 0 Å². The van der Waals surface area contributed by atoms with E-state index in [1.807, 2.05) is 0 Å². The zero-order valence-corrected chi connectivity index (χ0v) is 15.1. The highest BCUT2D eigenvalue weighted by molar-refractivity contribution is 5.99. The largest absolute Gasteiger partial charge is 0.350 e. The lowest BCUT2D eigenvalue weighted by molar-refractivity contribution is 0.0945. The lowest BCUT2D eigenvalue weighted by atomic mass is 9.86. The molecule has 4 nitrogen and oxygen atoms in total. The first-order valence-electron chi connectivity index (χ1n) is 8.23. The molecule has 1 heterocycles. The van der Waals surface area contributed by atoms with Gasteiger partial charge in [-0.15, -0.1) is 0 Å². The third kappa shape index (κ3) is 4.34. The van der Waals surface area contributed by atoms with Crippen LogP contribution in [0, 0.1) is 0 Å². The number of hydrogen-bond donors (Lipinski definition) is 1. The minimum absolute atomic E-state index is 0.0383. The second-order valence-corrected chi connectivity index (χ2v) is 7.23. The van der Waals surface area contributed by atoms with Crippen molar-refractivity contribution in [2.75, 3.05) is 6.54 Å². The smallest absolute Gasteiger partial charge is 0.267 e. The van der Waals surface area contributed by atoms with Crippen LogP contribution in [0.4, 0.5) is 0 Å². The maximum absolute atomic E-state index is 12.2. The van der Waals surface area contributed by atoms with Gasteiger partial charge in [0.15, 0.2) is 5.78 Å². The average molecular weight is 326 g/mol. The number of hydrogen-bond acceptors (Lipinski definition) is 2. The number of ketones is 1. The lowest BCUT2D eigenvalue weighted by Crippen LogP contribution is -2.27. The Balaban J connectivity index is 1.92. The molecule has 0 aliphatic heterocycles. The van der Waals surface area contributed by atoms with Gasteiger partial charge in [0, 0.05) is 25.4 Å². The monoisotopic (exact) mass is 326 g/mol. The zero-order valence-electron chi connectivity index (χ0n) is 15.1. The van der Waals surface area contributed by atoms with Crippen LogP contribution in [-0.2, 0) is 18.9 Å². The quantitative estimate of drug-likeness (QED) is 0.855. The van der Waals surface area contributed by atoms with E-state index in [1.54, 1.807) is 23.9 Å². The molecule has 2 rings (SSSR count). The van der Waals surface area contributed by atoms with Crippen molar-refractivity contribution in [1.82, 2.24) is 9.88 Å². The number of carbonyl (C=O) groups excluding carboxylic acids is 2. The number of Topliss-reactive ketones (excluding diaryl/α,β-unsaturated/α-hetero) is 1. The second kappa shape index (κ2) is 7.04. The van der Waals surface area contributed by atoms with Gasteiger partial charge in [0.05, 0.1) is 0 Å². The maximum atomic E-state index is 12.2. The lowest BCUT2D eigenvalue weighted by Gasteiger charge is -2.19. The molecule has 1 N–H and O–H groups in total. The molecule has 0 radical (unpaired) electrons. The Kier molecular flexibility index (Phi) is 5.27. The number of benzene rings is 1. The van der Waals surface area contributed by atoms with Crippen LogP contribution in [-0.4, -0.2) is 22.8 Å². The molecule has 0 saturated heterocycles. The standard InChI is InChI=1S/C20H26N2O2/c1-14(23)16-12-18(22(5)13-16)19(24)21-11-10-15-6-8-17(9-7-15)20(2,3)4/h6-9,12-13H,10-11H2,1-5H3,(H,21,24). The number of nitrogens with zero attached hydrogens (tertiary/aromatic N) is 1. The Bertz CT molecular complexity index is 734. The summed E-state index contributed by atoms with van der Waals surface area (Å²) in [6.07, 6.45) is 2.46. The molecule has 0 atom stereocenters. The highest BCUT2D eigenvalue weighted by Gasteiger charge is 2.14. The first kappa shape index (κ1) is 18.0. The normalized spacial score (nSPS) is 11.4. The predicted octanol–water partition coefficient (Wildman–Crippen LogP) is 3.50. The SMILES string of the molecule is CC(=O)c1cc(C(=O)NCCc2ccc(C(C)(C)C)cc2)n(C)c1. The summed E-state index contributed by atoms with van der Waals surface area (Å²) >= 11 is 0. The topological polar surface area (TPSA) is 51.1 Å². The molecule has 0 unspecified atom stereocenters. The van der Waals surface area contributed by atoms with Gasteiger partial charge >= 0.3 is 0 Å².